The number of carbonyl (C=O) groups excluding carboxylic acids is 1. The van der Waals surface area contributed by atoms with Crippen LogP contribution in [-0.2, 0) is 15.6 Å². The molecule has 36 heavy (non-hydrogen) atoms. The van der Waals surface area contributed by atoms with Crippen LogP contribution in [-0.4, -0.2) is 58.5 Å². The minimum atomic E-state index is -4.13. The second kappa shape index (κ2) is 9.71. The second-order valence-corrected chi connectivity index (χ2v) is 10.1. The lowest BCUT2D eigenvalue weighted by atomic mass is 9.89. The molecule has 1 unspecified atom stereocenters. The molecule has 1 amide bonds. The van der Waals surface area contributed by atoms with Gasteiger partial charge in [-0.1, -0.05) is 18.2 Å². The van der Waals surface area contributed by atoms with E-state index < -0.39 is 15.6 Å². The monoisotopic (exact) mass is 508 g/mol. The first-order valence-electron chi connectivity index (χ1n) is 11.5. The highest BCUT2D eigenvalue weighted by atomic mass is 32.2. The molecular weight excluding hydrogens is 480 g/mol. The zero-order chi connectivity index (χ0) is 26.1. The lowest BCUT2D eigenvalue weighted by molar-refractivity contribution is 0.0728. The number of hydrogen-bond donors (Lipinski definition) is 1. The molecule has 1 atom stereocenters. The van der Waals surface area contributed by atoms with Crippen molar-refractivity contribution in [1.29, 1.82) is 0 Å². The average molecular weight is 509 g/mol. The molecule has 0 aliphatic heterocycles. The van der Waals surface area contributed by atoms with Gasteiger partial charge in [-0.15, -0.1) is 0 Å². The molecule has 0 radical (unpaired) electrons. The molecule has 3 heterocycles. The minimum absolute atomic E-state index is 0.0416. The lowest BCUT2D eigenvalue weighted by Gasteiger charge is -2.29. The number of nitrogens with zero attached hydrogens (tertiary/aromatic N) is 4. The van der Waals surface area contributed by atoms with Crippen LogP contribution >= 0.6 is 0 Å². The smallest absolute Gasteiger partial charge is 0.268 e. The standard InChI is InChI=1S/C26H28N4O5S/c1-5-29(6-2)25(31)23-20(12-15-28-24(23)35-4)26(3,32)22-16-18-17-27-14-13-21(18)30(22)36(33,34)19-10-8-7-9-11-19/h7-17,32H,5-6H2,1-4H3. The highest BCUT2D eigenvalue weighted by Crippen LogP contribution is 2.39. The Bertz CT molecular complexity index is 1510. The van der Waals surface area contributed by atoms with Crippen LogP contribution in [0.1, 0.15) is 42.4 Å². The van der Waals surface area contributed by atoms with Crippen LogP contribution in [0.5, 0.6) is 5.88 Å². The molecule has 0 aliphatic carbocycles. The molecule has 1 aromatic carbocycles. The van der Waals surface area contributed by atoms with Gasteiger partial charge in [0.25, 0.3) is 15.9 Å². The predicted molar refractivity (Wildman–Crippen MR) is 135 cm³/mol. The van der Waals surface area contributed by atoms with E-state index in [1.807, 2.05) is 13.8 Å². The summed E-state index contributed by atoms with van der Waals surface area (Å²) in [5, 5.41) is 12.6. The van der Waals surface area contributed by atoms with Crippen LogP contribution < -0.4 is 4.74 Å². The van der Waals surface area contributed by atoms with Crippen molar-refractivity contribution in [2.24, 2.45) is 0 Å². The summed E-state index contributed by atoms with van der Waals surface area (Å²) in [7, 11) is -2.74. The van der Waals surface area contributed by atoms with E-state index in [9.17, 15) is 18.3 Å². The largest absolute Gasteiger partial charge is 0.480 e. The topological polar surface area (TPSA) is 115 Å². The Labute approximate surface area is 210 Å². The summed E-state index contributed by atoms with van der Waals surface area (Å²) in [6, 6.07) is 12.6. The minimum Gasteiger partial charge on any atom is -0.480 e. The van der Waals surface area contributed by atoms with Gasteiger partial charge in [-0.05, 0) is 51.1 Å². The van der Waals surface area contributed by atoms with Crippen LogP contribution in [0.4, 0.5) is 0 Å². The molecule has 9 nitrogen and oxygen atoms in total. The summed E-state index contributed by atoms with van der Waals surface area (Å²) < 4.78 is 34.2. The van der Waals surface area contributed by atoms with Crippen molar-refractivity contribution < 1.29 is 23.1 Å². The summed E-state index contributed by atoms with van der Waals surface area (Å²) in [6.45, 7) is 6.02. The summed E-state index contributed by atoms with van der Waals surface area (Å²) in [4.78, 5) is 23.5. The molecule has 0 saturated heterocycles. The van der Waals surface area contributed by atoms with Gasteiger partial charge < -0.3 is 14.7 Å². The lowest BCUT2D eigenvalue weighted by Crippen LogP contribution is -2.36. The van der Waals surface area contributed by atoms with Gasteiger partial charge in [-0.25, -0.2) is 17.4 Å². The molecule has 3 aromatic heterocycles. The van der Waals surface area contributed by atoms with Crippen LogP contribution in [0, 0.1) is 0 Å². The Morgan fingerprint density at radius 3 is 2.44 bits per heavy atom. The maximum absolute atomic E-state index is 13.9. The summed E-state index contributed by atoms with van der Waals surface area (Å²) in [6.07, 6.45) is 4.44. The SMILES string of the molecule is CCN(CC)C(=O)c1c(C(C)(O)c2cc3cnccc3n2S(=O)(=O)c2ccccc2)ccnc1OC. The number of rotatable bonds is 8. The maximum atomic E-state index is 13.9. The second-order valence-electron chi connectivity index (χ2n) is 8.34. The number of ether oxygens (including phenoxy) is 1. The van der Waals surface area contributed by atoms with Crippen molar-refractivity contribution in [1.82, 2.24) is 18.8 Å². The maximum Gasteiger partial charge on any atom is 0.268 e. The Balaban J connectivity index is 2.04. The number of aliphatic hydroxyl groups is 1. The first kappa shape index (κ1) is 25.3. The normalized spacial score (nSPS) is 13.4. The highest BCUT2D eigenvalue weighted by Gasteiger charge is 2.39. The van der Waals surface area contributed by atoms with Crippen molar-refractivity contribution in [3.63, 3.8) is 0 Å². The van der Waals surface area contributed by atoms with Gasteiger partial charge in [-0.2, -0.15) is 0 Å². The molecule has 0 saturated carbocycles. The highest BCUT2D eigenvalue weighted by molar-refractivity contribution is 7.90. The third-order valence-corrected chi connectivity index (χ3v) is 7.98. The number of aromatic nitrogens is 3. The van der Waals surface area contributed by atoms with E-state index in [0.717, 1.165) is 3.97 Å². The third-order valence-electron chi connectivity index (χ3n) is 6.24. The number of fused-ring (bicyclic) bond motifs is 1. The molecule has 1 N–H and O–H groups in total. The summed E-state index contributed by atoms with van der Waals surface area (Å²) in [5.41, 5.74) is -1.29. The Hall–Kier alpha value is -3.76. The fourth-order valence-corrected chi connectivity index (χ4v) is 5.97. The van der Waals surface area contributed by atoms with E-state index in [4.69, 9.17) is 4.74 Å². The van der Waals surface area contributed by atoms with E-state index >= 15 is 0 Å². The Kier molecular flexibility index (Phi) is 6.83. The summed E-state index contributed by atoms with van der Waals surface area (Å²) in [5.74, 6) is -0.338. The molecule has 10 heteroatoms. The number of benzene rings is 1. The third kappa shape index (κ3) is 4.12. The van der Waals surface area contributed by atoms with Gasteiger partial charge >= 0.3 is 0 Å². The number of pyridine rings is 2. The number of hydrogen-bond acceptors (Lipinski definition) is 7. The van der Waals surface area contributed by atoms with Crippen molar-refractivity contribution in [2.45, 2.75) is 31.3 Å². The van der Waals surface area contributed by atoms with Gasteiger partial charge in [0.1, 0.15) is 11.2 Å². The molecule has 0 fully saturated rings. The molecule has 188 valence electrons. The van der Waals surface area contributed by atoms with Crippen LogP contribution in [0.15, 0.2) is 72.0 Å². The van der Waals surface area contributed by atoms with E-state index in [-0.39, 0.29) is 33.5 Å². The van der Waals surface area contributed by atoms with Crippen LogP contribution in [0.3, 0.4) is 0 Å². The number of carbonyl (C=O) groups is 1. The molecule has 4 aromatic rings. The molecule has 0 aliphatic rings. The van der Waals surface area contributed by atoms with Crippen molar-refractivity contribution in [3.05, 3.63) is 83.9 Å². The van der Waals surface area contributed by atoms with Gasteiger partial charge in [0, 0.05) is 42.6 Å². The first-order chi connectivity index (χ1) is 17.2. The van der Waals surface area contributed by atoms with Crippen LogP contribution in [0.2, 0.25) is 0 Å². The van der Waals surface area contributed by atoms with E-state index in [2.05, 4.69) is 9.97 Å². The van der Waals surface area contributed by atoms with Gasteiger partial charge in [0.05, 0.1) is 23.2 Å². The van der Waals surface area contributed by atoms with E-state index in [1.165, 1.54) is 50.8 Å². The van der Waals surface area contributed by atoms with Crippen LogP contribution in [0.25, 0.3) is 10.9 Å². The van der Waals surface area contributed by atoms with Gasteiger partial charge in [0.15, 0.2) is 0 Å². The summed E-state index contributed by atoms with van der Waals surface area (Å²) >= 11 is 0. The fraction of sp³-hybridized carbons (Fsp3) is 0.269. The molecule has 0 spiro atoms. The van der Waals surface area contributed by atoms with Crippen molar-refractivity contribution in [2.75, 3.05) is 20.2 Å². The number of methoxy groups -OCH3 is 1. The fourth-order valence-electron chi connectivity index (χ4n) is 4.34. The van der Waals surface area contributed by atoms with Crippen molar-refractivity contribution in [3.8, 4) is 5.88 Å². The zero-order valence-corrected chi connectivity index (χ0v) is 21.4. The number of amides is 1. The molecular formula is C26H28N4O5S. The quantitative estimate of drug-likeness (QED) is 0.388. The predicted octanol–water partition coefficient (Wildman–Crippen LogP) is 3.41. The van der Waals surface area contributed by atoms with Crippen molar-refractivity contribution >= 4 is 26.8 Å². The Morgan fingerprint density at radius 1 is 1.11 bits per heavy atom. The zero-order valence-electron chi connectivity index (χ0n) is 20.5. The van der Waals surface area contributed by atoms with E-state index in [0.29, 0.717) is 24.0 Å². The Morgan fingerprint density at radius 2 is 1.81 bits per heavy atom. The molecule has 4 rings (SSSR count). The van der Waals surface area contributed by atoms with E-state index in [1.54, 1.807) is 35.2 Å². The van der Waals surface area contributed by atoms with Gasteiger partial charge in [0.2, 0.25) is 5.88 Å². The average Bonchev–Trinajstić information content (AvgIpc) is 3.31. The van der Waals surface area contributed by atoms with Gasteiger partial charge in [-0.3, -0.25) is 9.78 Å². The molecule has 0 bridgehead atoms. The first-order valence-corrected chi connectivity index (χ1v) is 12.9.